The van der Waals surface area contributed by atoms with E-state index in [1.54, 1.807) is 0 Å². The van der Waals surface area contributed by atoms with E-state index in [9.17, 15) is 0 Å². The predicted molar refractivity (Wildman–Crippen MR) is 137 cm³/mol. The first-order valence-corrected chi connectivity index (χ1v) is 11.9. The molecule has 0 spiro atoms. The summed E-state index contributed by atoms with van der Waals surface area (Å²) in [5, 5.41) is 0. The van der Waals surface area contributed by atoms with Crippen LogP contribution in [-0.2, 0) is 13.2 Å². The molecule has 162 valence electrons. The van der Waals surface area contributed by atoms with Crippen molar-refractivity contribution < 1.29 is 0 Å². The Kier molecular flexibility index (Phi) is 5.04. The molecule has 4 aromatic carbocycles. The van der Waals surface area contributed by atoms with Crippen LogP contribution in [-0.4, -0.2) is 16.6 Å². The van der Waals surface area contributed by atoms with E-state index in [-0.39, 0.29) is 0 Å². The molecule has 0 aliphatic carbocycles. The highest BCUT2D eigenvalue weighted by atomic mass is 32.2. The molecule has 0 bridgehead atoms. The fourth-order valence-corrected chi connectivity index (χ4v) is 5.57. The zero-order valence-electron chi connectivity index (χ0n) is 18.4. The van der Waals surface area contributed by atoms with E-state index >= 15 is 0 Å². The van der Waals surface area contributed by atoms with Crippen LogP contribution >= 0.6 is 11.8 Å². The van der Waals surface area contributed by atoms with Gasteiger partial charge in [0, 0.05) is 22.5 Å². The number of nitrogens with zero attached hydrogens (tertiary/aromatic N) is 4. The number of fused-ring (bicyclic) bond motifs is 3. The first-order chi connectivity index (χ1) is 16.3. The molecule has 5 aromatic rings. The van der Waals surface area contributed by atoms with Crippen LogP contribution in [0.15, 0.2) is 113 Å². The molecular formula is C28H24N4S. The number of benzene rings is 4. The molecule has 1 aromatic heterocycles. The Morgan fingerprint density at radius 2 is 1.33 bits per heavy atom. The Hall–Kier alpha value is -3.70. The Bertz CT molecular complexity index is 1380. The number of imidazole rings is 1. The van der Waals surface area contributed by atoms with Crippen LogP contribution < -0.4 is 9.80 Å². The monoisotopic (exact) mass is 448 g/mol. The summed E-state index contributed by atoms with van der Waals surface area (Å²) in [7, 11) is 2.13. The predicted octanol–water partition coefficient (Wildman–Crippen LogP) is 6.93. The quantitative estimate of drug-likeness (QED) is 0.291. The maximum absolute atomic E-state index is 5.09. The van der Waals surface area contributed by atoms with Gasteiger partial charge in [-0.15, -0.1) is 0 Å². The van der Waals surface area contributed by atoms with Crippen molar-refractivity contribution in [3.8, 4) is 0 Å². The molecule has 4 nitrogen and oxygen atoms in total. The Balaban J connectivity index is 1.44. The van der Waals surface area contributed by atoms with E-state index < -0.39 is 0 Å². The lowest BCUT2D eigenvalue weighted by Crippen LogP contribution is -2.26. The topological polar surface area (TPSA) is 24.3 Å². The average molecular weight is 449 g/mol. The minimum absolute atomic E-state index is 0.700. The van der Waals surface area contributed by atoms with Gasteiger partial charge in [0.15, 0.2) is 0 Å². The zero-order chi connectivity index (χ0) is 22.2. The largest absolute Gasteiger partial charge is 0.357 e. The molecule has 0 N–H and O–H groups in total. The summed E-state index contributed by atoms with van der Waals surface area (Å²) in [6, 6.07) is 36.2. The van der Waals surface area contributed by atoms with Crippen LogP contribution in [0.5, 0.6) is 0 Å². The molecule has 2 heterocycles. The van der Waals surface area contributed by atoms with Crippen LogP contribution in [0.25, 0.3) is 11.0 Å². The van der Waals surface area contributed by atoms with Gasteiger partial charge in [-0.1, -0.05) is 66.4 Å². The molecule has 33 heavy (non-hydrogen) atoms. The van der Waals surface area contributed by atoms with E-state index in [0.29, 0.717) is 6.54 Å². The second-order valence-corrected chi connectivity index (χ2v) is 9.33. The van der Waals surface area contributed by atoms with Crippen molar-refractivity contribution in [1.29, 1.82) is 0 Å². The van der Waals surface area contributed by atoms with Gasteiger partial charge < -0.3 is 14.4 Å². The van der Waals surface area contributed by atoms with Gasteiger partial charge in [-0.3, -0.25) is 0 Å². The molecule has 1 aliphatic heterocycles. The lowest BCUT2D eigenvalue weighted by Gasteiger charge is -2.33. The van der Waals surface area contributed by atoms with Crippen LogP contribution in [0.2, 0.25) is 0 Å². The summed E-state index contributed by atoms with van der Waals surface area (Å²) >= 11 is 1.84. The second kappa shape index (κ2) is 8.34. The lowest BCUT2D eigenvalue weighted by molar-refractivity contribution is 0.655. The summed E-state index contributed by atoms with van der Waals surface area (Å²) in [5.41, 5.74) is 5.84. The van der Waals surface area contributed by atoms with Crippen LogP contribution in [0.1, 0.15) is 5.82 Å². The van der Waals surface area contributed by atoms with Crippen molar-refractivity contribution in [3.63, 3.8) is 0 Å². The first-order valence-electron chi connectivity index (χ1n) is 11.1. The minimum Gasteiger partial charge on any atom is -0.357 e. The van der Waals surface area contributed by atoms with Crippen LogP contribution in [0.3, 0.4) is 0 Å². The Morgan fingerprint density at radius 1 is 0.727 bits per heavy atom. The summed E-state index contributed by atoms with van der Waals surface area (Å²) in [6.45, 7) is 1.43. The third-order valence-electron chi connectivity index (χ3n) is 6.12. The van der Waals surface area contributed by atoms with Gasteiger partial charge in [-0.2, -0.15) is 0 Å². The molecule has 0 saturated carbocycles. The summed E-state index contributed by atoms with van der Waals surface area (Å²) in [6.07, 6.45) is 0. The van der Waals surface area contributed by atoms with Gasteiger partial charge in [-0.05, 0) is 48.5 Å². The molecule has 0 radical (unpaired) electrons. The summed E-state index contributed by atoms with van der Waals surface area (Å²) < 4.78 is 2.34. The number of anilines is 3. The number of hydrogen-bond donors (Lipinski definition) is 0. The van der Waals surface area contributed by atoms with Crippen molar-refractivity contribution in [2.75, 3.05) is 16.8 Å². The average Bonchev–Trinajstić information content (AvgIpc) is 3.21. The van der Waals surface area contributed by atoms with Gasteiger partial charge in [0.05, 0.1) is 35.6 Å². The van der Waals surface area contributed by atoms with E-state index in [1.165, 1.54) is 26.9 Å². The molecule has 0 amide bonds. The van der Waals surface area contributed by atoms with Crippen molar-refractivity contribution in [1.82, 2.24) is 9.55 Å². The van der Waals surface area contributed by atoms with E-state index in [1.807, 2.05) is 11.8 Å². The molecule has 0 atom stereocenters. The standard InChI is InChI=1S/C28H24N4S/c1-30(21-11-3-2-4-12-21)20-32-23-14-6-5-13-22(23)29-28(32)19-31-24-15-7-9-17-26(24)33-27-18-10-8-16-25(27)31/h2-18H,19-20H2,1H3. The normalized spacial score (nSPS) is 12.5. The fourth-order valence-electron chi connectivity index (χ4n) is 4.47. The van der Waals surface area contributed by atoms with Gasteiger partial charge in [0.2, 0.25) is 0 Å². The fraction of sp³-hybridized carbons (Fsp3) is 0.107. The lowest BCUT2D eigenvalue weighted by atomic mass is 10.2. The van der Waals surface area contributed by atoms with E-state index in [0.717, 1.165) is 23.5 Å². The second-order valence-electron chi connectivity index (χ2n) is 8.24. The third-order valence-corrected chi connectivity index (χ3v) is 7.25. The molecule has 6 rings (SSSR count). The Morgan fingerprint density at radius 3 is 2.06 bits per heavy atom. The summed E-state index contributed by atoms with van der Waals surface area (Å²) in [4.78, 5) is 12.3. The van der Waals surface area contributed by atoms with Crippen molar-refractivity contribution in [2.24, 2.45) is 0 Å². The Labute approximate surface area is 198 Å². The molecule has 0 unspecified atom stereocenters. The minimum atomic E-state index is 0.700. The van der Waals surface area contributed by atoms with Gasteiger partial charge in [-0.25, -0.2) is 4.98 Å². The molecule has 0 saturated heterocycles. The molecule has 0 fully saturated rings. The maximum Gasteiger partial charge on any atom is 0.131 e. The number of para-hydroxylation sites is 5. The maximum atomic E-state index is 5.09. The van der Waals surface area contributed by atoms with Gasteiger partial charge >= 0.3 is 0 Å². The number of hydrogen-bond acceptors (Lipinski definition) is 4. The van der Waals surface area contributed by atoms with Crippen LogP contribution in [0, 0.1) is 0 Å². The van der Waals surface area contributed by atoms with Crippen molar-refractivity contribution in [2.45, 2.75) is 23.0 Å². The molecule has 1 aliphatic rings. The van der Waals surface area contributed by atoms with Crippen molar-refractivity contribution >= 4 is 39.9 Å². The molecule has 5 heteroatoms. The smallest absolute Gasteiger partial charge is 0.131 e. The highest BCUT2D eigenvalue weighted by molar-refractivity contribution is 7.99. The zero-order valence-corrected chi connectivity index (χ0v) is 19.2. The highest BCUT2D eigenvalue weighted by Crippen LogP contribution is 2.48. The van der Waals surface area contributed by atoms with Crippen LogP contribution in [0.4, 0.5) is 17.1 Å². The first kappa shape index (κ1) is 19.9. The van der Waals surface area contributed by atoms with Gasteiger partial charge in [0.25, 0.3) is 0 Å². The van der Waals surface area contributed by atoms with E-state index in [4.69, 9.17) is 4.98 Å². The SMILES string of the molecule is CN(Cn1c(CN2c3ccccc3Sc3ccccc32)nc2ccccc21)c1ccccc1. The number of aromatic nitrogens is 2. The number of rotatable bonds is 5. The highest BCUT2D eigenvalue weighted by Gasteiger charge is 2.25. The molecular weight excluding hydrogens is 424 g/mol. The third kappa shape index (κ3) is 3.64. The van der Waals surface area contributed by atoms with E-state index in [2.05, 4.69) is 125 Å². The van der Waals surface area contributed by atoms with Crippen molar-refractivity contribution in [3.05, 3.63) is 109 Å². The van der Waals surface area contributed by atoms with Gasteiger partial charge in [0.1, 0.15) is 5.82 Å². The summed E-state index contributed by atoms with van der Waals surface area (Å²) in [5.74, 6) is 1.05.